The van der Waals surface area contributed by atoms with Crippen LogP contribution in [0, 0.1) is 12.7 Å². The first-order valence-electron chi connectivity index (χ1n) is 9.80. The van der Waals surface area contributed by atoms with Crippen LogP contribution in [-0.4, -0.2) is 21.4 Å². The van der Waals surface area contributed by atoms with Gasteiger partial charge in [0.25, 0.3) is 5.56 Å². The summed E-state index contributed by atoms with van der Waals surface area (Å²) in [5.74, 6) is 0.911. The maximum atomic E-state index is 14.3. The number of benzene rings is 1. The number of nitrogens with zero attached hydrogens (tertiary/aromatic N) is 2. The minimum atomic E-state index is -0.279. The summed E-state index contributed by atoms with van der Waals surface area (Å²) in [7, 11) is 0. The van der Waals surface area contributed by atoms with Gasteiger partial charge in [-0.1, -0.05) is 36.9 Å². The molecule has 0 amide bonds. The van der Waals surface area contributed by atoms with Crippen LogP contribution >= 0.6 is 11.6 Å². The van der Waals surface area contributed by atoms with Crippen molar-refractivity contribution in [2.24, 2.45) is 0 Å². The first-order chi connectivity index (χ1) is 13.0. The fourth-order valence-electron chi connectivity index (χ4n) is 4.30. The third kappa shape index (κ3) is 3.81. The van der Waals surface area contributed by atoms with Gasteiger partial charge in [-0.25, -0.2) is 9.37 Å². The van der Waals surface area contributed by atoms with Crippen LogP contribution in [0.15, 0.2) is 16.9 Å². The number of nitrogens with one attached hydrogen (secondary N) is 1. The van der Waals surface area contributed by atoms with Crippen molar-refractivity contribution in [3.05, 3.63) is 61.5 Å². The van der Waals surface area contributed by atoms with Crippen LogP contribution in [0.4, 0.5) is 4.39 Å². The number of H-pyrrole nitrogens is 1. The van der Waals surface area contributed by atoms with E-state index in [1.807, 2.05) is 6.92 Å². The molecule has 2 heterocycles. The van der Waals surface area contributed by atoms with E-state index in [1.54, 1.807) is 6.07 Å². The van der Waals surface area contributed by atoms with Crippen molar-refractivity contribution in [3.63, 3.8) is 0 Å². The lowest BCUT2D eigenvalue weighted by Crippen LogP contribution is -2.36. The minimum absolute atomic E-state index is 0.00000742. The van der Waals surface area contributed by atoms with Gasteiger partial charge in [-0.3, -0.25) is 9.69 Å². The average molecular weight is 390 g/mol. The van der Waals surface area contributed by atoms with E-state index in [1.165, 1.54) is 25.3 Å². The molecule has 27 heavy (non-hydrogen) atoms. The maximum absolute atomic E-state index is 14.3. The number of fused-ring (bicyclic) bond motifs is 1. The molecule has 1 N–H and O–H groups in total. The van der Waals surface area contributed by atoms with E-state index in [-0.39, 0.29) is 11.4 Å². The summed E-state index contributed by atoms with van der Waals surface area (Å²) in [6, 6.07) is 3.17. The molecule has 0 unspecified atom stereocenters. The van der Waals surface area contributed by atoms with Crippen molar-refractivity contribution in [2.75, 3.05) is 6.54 Å². The van der Waals surface area contributed by atoms with Gasteiger partial charge in [0.05, 0.1) is 10.7 Å². The fourth-order valence-corrected chi connectivity index (χ4v) is 4.51. The van der Waals surface area contributed by atoms with Gasteiger partial charge in [-0.2, -0.15) is 0 Å². The topological polar surface area (TPSA) is 49.0 Å². The Kier molecular flexibility index (Phi) is 5.33. The standard InChI is InChI=1S/C21H25ClFN3O/c1-13-7-8-17(23)16(19(13)22)11-26-10-9-15-18(12-26)24-20(25-21(15)27)14-5-3-2-4-6-14/h7-8,14H,2-6,9-12H2,1H3,(H,24,25,27). The van der Waals surface area contributed by atoms with Gasteiger partial charge >= 0.3 is 0 Å². The Bertz CT molecular complexity index is 905. The summed E-state index contributed by atoms with van der Waals surface area (Å²) >= 11 is 6.33. The molecule has 0 radical (unpaired) electrons. The number of hydrogen-bond donors (Lipinski definition) is 1. The molecule has 0 bridgehead atoms. The van der Waals surface area contributed by atoms with Crippen LogP contribution in [0.3, 0.4) is 0 Å². The van der Waals surface area contributed by atoms with E-state index in [2.05, 4.69) is 9.88 Å². The van der Waals surface area contributed by atoms with Crippen LogP contribution in [0.5, 0.6) is 0 Å². The first-order valence-corrected chi connectivity index (χ1v) is 10.2. The second kappa shape index (κ2) is 7.72. The lowest BCUT2D eigenvalue weighted by Gasteiger charge is -2.29. The molecule has 0 atom stereocenters. The monoisotopic (exact) mass is 389 g/mol. The third-order valence-corrected chi connectivity index (χ3v) is 6.45. The zero-order chi connectivity index (χ0) is 19.0. The molecule has 0 saturated heterocycles. The van der Waals surface area contributed by atoms with Crippen LogP contribution in [0.2, 0.25) is 5.02 Å². The zero-order valence-electron chi connectivity index (χ0n) is 15.7. The average Bonchev–Trinajstić information content (AvgIpc) is 2.68. The molecule has 1 fully saturated rings. The summed E-state index contributed by atoms with van der Waals surface area (Å²) in [6.45, 7) is 3.57. The summed E-state index contributed by atoms with van der Waals surface area (Å²) in [4.78, 5) is 22.5. The molecule has 6 heteroatoms. The molecule has 1 aromatic heterocycles. The van der Waals surface area contributed by atoms with Crippen molar-refractivity contribution in [1.29, 1.82) is 0 Å². The molecule has 1 saturated carbocycles. The van der Waals surface area contributed by atoms with Gasteiger partial charge in [0.2, 0.25) is 0 Å². The predicted octanol–water partition coefficient (Wildman–Crippen LogP) is 4.48. The van der Waals surface area contributed by atoms with E-state index >= 15 is 0 Å². The van der Waals surface area contributed by atoms with Crippen LogP contribution in [0.1, 0.15) is 66.2 Å². The zero-order valence-corrected chi connectivity index (χ0v) is 16.4. The van der Waals surface area contributed by atoms with Gasteiger partial charge in [0, 0.05) is 36.7 Å². The molecule has 2 aliphatic rings. The SMILES string of the molecule is Cc1ccc(F)c(CN2CCc3c(nc(C4CCCCC4)[nH]c3=O)C2)c1Cl. The first kappa shape index (κ1) is 18.6. The lowest BCUT2D eigenvalue weighted by atomic mass is 9.88. The van der Waals surface area contributed by atoms with Gasteiger partial charge in [0.1, 0.15) is 11.6 Å². The molecular weight excluding hydrogens is 365 g/mol. The highest BCUT2D eigenvalue weighted by molar-refractivity contribution is 6.32. The number of aromatic amines is 1. The fraction of sp³-hybridized carbons (Fsp3) is 0.524. The molecule has 1 aromatic carbocycles. The predicted molar refractivity (Wildman–Crippen MR) is 105 cm³/mol. The van der Waals surface area contributed by atoms with Crippen molar-refractivity contribution in [2.45, 2.75) is 64.5 Å². The molecule has 0 spiro atoms. The summed E-state index contributed by atoms with van der Waals surface area (Å²) in [5, 5.41) is 0.488. The largest absolute Gasteiger partial charge is 0.310 e. The molecular formula is C21H25ClFN3O. The Balaban J connectivity index is 1.58. The molecule has 4 rings (SSSR count). The number of aromatic nitrogens is 2. The Labute approximate surface area is 163 Å². The summed E-state index contributed by atoms with van der Waals surface area (Å²) < 4.78 is 14.3. The Morgan fingerprint density at radius 3 is 2.85 bits per heavy atom. The second-order valence-electron chi connectivity index (χ2n) is 7.83. The molecule has 4 nitrogen and oxygen atoms in total. The number of hydrogen-bond acceptors (Lipinski definition) is 3. The molecule has 144 valence electrons. The highest BCUT2D eigenvalue weighted by Gasteiger charge is 2.25. The van der Waals surface area contributed by atoms with Crippen LogP contribution in [0.25, 0.3) is 0 Å². The molecule has 1 aliphatic heterocycles. The Morgan fingerprint density at radius 2 is 2.07 bits per heavy atom. The number of rotatable bonds is 3. The smallest absolute Gasteiger partial charge is 0.254 e. The Morgan fingerprint density at radius 1 is 1.30 bits per heavy atom. The highest BCUT2D eigenvalue weighted by atomic mass is 35.5. The minimum Gasteiger partial charge on any atom is -0.310 e. The van der Waals surface area contributed by atoms with Gasteiger partial charge in [-0.05, 0) is 37.8 Å². The lowest BCUT2D eigenvalue weighted by molar-refractivity contribution is 0.236. The van der Waals surface area contributed by atoms with Gasteiger partial charge in [-0.15, -0.1) is 0 Å². The molecule has 2 aromatic rings. The maximum Gasteiger partial charge on any atom is 0.254 e. The summed E-state index contributed by atoms with van der Waals surface area (Å²) in [6.07, 6.45) is 6.48. The van der Waals surface area contributed by atoms with Crippen molar-refractivity contribution < 1.29 is 4.39 Å². The van der Waals surface area contributed by atoms with Crippen molar-refractivity contribution in [3.8, 4) is 0 Å². The number of halogens is 2. The van der Waals surface area contributed by atoms with Crippen molar-refractivity contribution in [1.82, 2.24) is 14.9 Å². The van der Waals surface area contributed by atoms with E-state index in [9.17, 15) is 9.18 Å². The van der Waals surface area contributed by atoms with Gasteiger partial charge in [0.15, 0.2) is 0 Å². The van der Waals surface area contributed by atoms with E-state index in [0.29, 0.717) is 42.6 Å². The third-order valence-electron chi connectivity index (χ3n) is 5.92. The normalized spacial score (nSPS) is 18.5. The second-order valence-corrected chi connectivity index (χ2v) is 8.21. The highest BCUT2D eigenvalue weighted by Crippen LogP contribution is 2.31. The molecule has 1 aliphatic carbocycles. The number of aryl methyl sites for hydroxylation is 1. The van der Waals surface area contributed by atoms with E-state index in [4.69, 9.17) is 16.6 Å². The quantitative estimate of drug-likeness (QED) is 0.842. The van der Waals surface area contributed by atoms with E-state index < -0.39 is 0 Å². The summed E-state index contributed by atoms with van der Waals surface area (Å²) in [5.41, 5.74) is 3.02. The van der Waals surface area contributed by atoms with Gasteiger partial charge < -0.3 is 4.98 Å². The van der Waals surface area contributed by atoms with Crippen LogP contribution < -0.4 is 5.56 Å². The van der Waals surface area contributed by atoms with Crippen LogP contribution in [-0.2, 0) is 19.5 Å². The van der Waals surface area contributed by atoms with E-state index in [0.717, 1.165) is 35.5 Å². The van der Waals surface area contributed by atoms with Crippen molar-refractivity contribution >= 4 is 11.6 Å². The Hall–Kier alpha value is -1.72.